The zero-order valence-electron chi connectivity index (χ0n) is 12.8. The van der Waals surface area contributed by atoms with Gasteiger partial charge in [0.05, 0.1) is 11.3 Å². The highest BCUT2D eigenvalue weighted by Gasteiger charge is 2.49. The summed E-state index contributed by atoms with van der Waals surface area (Å²) in [5.74, 6) is -1.68. The number of esters is 1. The predicted molar refractivity (Wildman–Crippen MR) is 86.6 cm³/mol. The average molecular weight is 346 g/mol. The molecule has 0 bridgehead atoms. The van der Waals surface area contributed by atoms with Gasteiger partial charge in [-0.05, 0) is 18.2 Å². The van der Waals surface area contributed by atoms with Crippen molar-refractivity contribution in [3.63, 3.8) is 0 Å². The first-order valence-electron chi connectivity index (χ1n) is 7.15. The second kappa shape index (κ2) is 6.48. The third-order valence-corrected chi connectivity index (χ3v) is 4.90. The molecule has 7 nitrogen and oxygen atoms in total. The van der Waals surface area contributed by atoms with Crippen molar-refractivity contribution in [3.05, 3.63) is 46.9 Å². The van der Waals surface area contributed by atoms with E-state index < -0.39 is 11.9 Å². The van der Waals surface area contributed by atoms with E-state index in [-0.39, 0.29) is 23.6 Å². The first-order valence-corrected chi connectivity index (χ1v) is 8.20. The van der Waals surface area contributed by atoms with Crippen LogP contribution in [0.15, 0.2) is 41.2 Å². The average Bonchev–Trinajstić information content (AvgIpc) is 2.57. The van der Waals surface area contributed by atoms with Crippen molar-refractivity contribution in [2.24, 2.45) is 0 Å². The number of aromatic nitrogens is 1. The quantitative estimate of drug-likeness (QED) is 0.498. The minimum Gasteiger partial charge on any atom is -0.477 e. The van der Waals surface area contributed by atoms with Gasteiger partial charge in [0, 0.05) is 24.4 Å². The number of carboxylic acids is 1. The van der Waals surface area contributed by atoms with Crippen LogP contribution in [0.2, 0.25) is 0 Å². The lowest BCUT2D eigenvalue weighted by Gasteiger charge is -2.45. The molecule has 1 fully saturated rings. The first kappa shape index (κ1) is 16.3. The molecule has 0 radical (unpaired) electrons. The molecular weight excluding hydrogens is 332 g/mol. The van der Waals surface area contributed by atoms with Gasteiger partial charge in [-0.3, -0.25) is 19.5 Å². The van der Waals surface area contributed by atoms with Crippen LogP contribution in [0.5, 0.6) is 0 Å². The van der Waals surface area contributed by atoms with E-state index in [9.17, 15) is 19.5 Å². The molecule has 1 atom stereocenters. The van der Waals surface area contributed by atoms with Crippen LogP contribution < -0.4 is 0 Å². The maximum absolute atomic E-state index is 12.4. The molecule has 2 aliphatic rings. The van der Waals surface area contributed by atoms with E-state index in [1.165, 1.54) is 23.6 Å². The SMILES string of the molecule is CC(=O)OCC1=C(C(=O)O)N2C(=O)/C(=C/c3ccccn3)[C@@H]2SC1. The maximum Gasteiger partial charge on any atom is 0.352 e. The van der Waals surface area contributed by atoms with Gasteiger partial charge in [-0.25, -0.2) is 4.79 Å². The van der Waals surface area contributed by atoms with Crippen LogP contribution in [0, 0.1) is 0 Å². The van der Waals surface area contributed by atoms with Crippen LogP contribution in [0.25, 0.3) is 6.08 Å². The Balaban J connectivity index is 1.88. The molecule has 0 aliphatic carbocycles. The summed E-state index contributed by atoms with van der Waals surface area (Å²) in [6.07, 6.45) is 3.30. The Labute approximate surface area is 142 Å². The summed E-state index contributed by atoms with van der Waals surface area (Å²) in [6.45, 7) is 1.13. The number of nitrogens with zero attached hydrogens (tertiary/aromatic N) is 2. The Morgan fingerprint density at radius 2 is 2.29 bits per heavy atom. The Morgan fingerprint density at radius 3 is 2.92 bits per heavy atom. The lowest BCUT2D eigenvalue weighted by Crippen LogP contribution is -2.56. The first-order chi connectivity index (χ1) is 11.5. The minimum atomic E-state index is -1.20. The van der Waals surface area contributed by atoms with E-state index in [2.05, 4.69) is 4.98 Å². The summed E-state index contributed by atoms with van der Waals surface area (Å²) in [5, 5.41) is 9.10. The van der Waals surface area contributed by atoms with E-state index in [1.54, 1.807) is 24.4 Å². The zero-order chi connectivity index (χ0) is 17.3. The van der Waals surface area contributed by atoms with Crippen LogP contribution in [-0.2, 0) is 19.1 Å². The van der Waals surface area contributed by atoms with E-state index in [0.717, 1.165) is 0 Å². The van der Waals surface area contributed by atoms with Gasteiger partial charge in [0.25, 0.3) is 5.91 Å². The summed E-state index contributed by atoms with van der Waals surface area (Å²) in [5.41, 5.74) is 1.49. The standard InChI is InChI=1S/C16H14N2O5S/c1-9(19)23-7-10-8-24-15-12(6-11-4-2-3-5-17-11)14(20)18(15)13(10)16(21)22/h2-6,15H,7-8H2,1H3,(H,21,22)/b12-6-/t15-/m0/s1. The Kier molecular flexibility index (Phi) is 4.39. The predicted octanol–water partition coefficient (Wildman–Crippen LogP) is 1.28. The molecule has 3 rings (SSSR count). The molecule has 24 heavy (non-hydrogen) atoms. The number of hydrogen-bond acceptors (Lipinski definition) is 6. The lowest BCUT2D eigenvalue weighted by molar-refractivity contribution is -0.142. The van der Waals surface area contributed by atoms with E-state index >= 15 is 0 Å². The van der Waals surface area contributed by atoms with Crippen LogP contribution in [0.1, 0.15) is 12.6 Å². The summed E-state index contributed by atoms with van der Waals surface area (Å²) < 4.78 is 4.89. The molecule has 124 valence electrons. The number of thioether (sulfide) groups is 1. The maximum atomic E-state index is 12.4. The second-order valence-corrected chi connectivity index (χ2v) is 6.30. The summed E-state index contributed by atoms with van der Waals surface area (Å²) in [7, 11) is 0. The Hall–Kier alpha value is -2.61. The number of β-lactam (4-membered cyclic amide) rings is 1. The lowest BCUT2D eigenvalue weighted by atomic mass is 10.0. The fourth-order valence-electron chi connectivity index (χ4n) is 2.53. The van der Waals surface area contributed by atoms with E-state index in [1.807, 2.05) is 6.07 Å². The molecule has 8 heteroatoms. The minimum absolute atomic E-state index is 0.0943. The fourth-order valence-corrected chi connectivity index (χ4v) is 3.81. The summed E-state index contributed by atoms with van der Waals surface area (Å²) in [4.78, 5) is 40.3. The fraction of sp³-hybridized carbons (Fsp3) is 0.250. The number of hydrogen-bond donors (Lipinski definition) is 1. The molecule has 1 aromatic rings. The highest BCUT2D eigenvalue weighted by molar-refractivity contribution is 8.00. The normalized spacial score (nSPS) is 21.4. The van der Waals surface area contributed by atoms with Crippen molar-refractivity contribution >= 4 is 35.7 Å². The number of carboxylic acid groups (broad SMARTS) is 1. The van der Waals surface area contributed by atoms with Crippen molar-refractivity contribution in [1.29, 1.82) is 0 Å². The molecule has 1 amide bonds. The Morgan fingerprint density at radius 1 is 1.50 bits per heavy atom. The number of carbonyl (C=O) groups is 3. The number of rotatable bonds is 4. The van der Waals surface area contributed by atoms with Crippen molar-refractivity contribution in [2.75, 3.05) is 12.4 Å². The number of fused-ring (bicyclic) bond motifs is 1. The molecular formula is C16H14N2O5S. The molecule has 0 aromatic carbocycles. The summed E-state index contributed by atoms with van der Waals surface area (Å²) >= 11 is 1.42. The van der Waals surface area contributed by atoms with Gasteiger partial charge in [-0.15, -0.1) is 11.8 Å². The molecule has 2 aliphatic heterocycles. The number of amides is 1. The number of pyridine rings is 1. The van der Waals surface area contributed by atoms with Crippen molar-refractivity contribution in [2.45, 2.75) is 12.3 Å². The van der Waals surface area contributed by atoms with Crippen molar-refractivity contribution in [3.8, 4) is 0 Å². The highest BCUT2D eigenvalue weighted by Crippen LogP contribution is 2.44. The number of ether oxygens (including phenoxy) is 1. The second-order valence-electron chi connectivity index (χ2n) is 5.23. The van der Waals surface area contributed by atoms with Crippen LogP contribution in [0.3, 0.4) is 0 Å². The van der Waals surface area contributed by atoms with Gasteiger partial charge in [0.2, 0.25) is 0 Å². The van der Waals surface area contributed by atoms with Crippen molar-refractivity contribution < 1.29 is 24.2 Å². The van der Waals surface area contributed by atoms with Gasteiger partial charge >= 0.3 is 11.9 Å². The largest absolute Gasteiger partial charge is 0.477 e. The topological polar surface area (TPSA) is 96.8 Å². The third-order valence-electron chi connectivity index (χ3n) is 3.60. The van der Waals surface area contributed by atoms with E-state index in [0.29, 0.717) is 22.6 Å². The molecule has 0 unspecified atom stereocenters. The monoisotopic (exact) mass is 346 g/mol. The van der Waals surface area contributed by atoms with Gasteiger partial charge in [-0.1, -0.05) is 6.07 Å². The van der Waals surface area contributed by atoms with Crippen LogP contribution >= 0.6 is 11.8 Å². The summed E-state index contributed by atoms with van der Waals surface area (Å²) in [6, 6.07) is 5.36. The zero-order valence-corrected chi connectivity index (χ0v) is 13.6. The number of carbonyl (C=O) groups excluding carboxylic acids is 2. The Bertz CT molecular complexity index is 772. The molecule has 0 spiro atoms. The molecule has 0 saturated carbocycles. The highest BCUT2D eigenvalue weighted by atomic mass is 32.2. The smallest absolute Gasteiger partial charge is 0.352 e. The van der Waals surface area contributed by atoms with Gasteiger partial charge in [-0.2, -0.15) is 0 Å². The molecule has 1 N–H and O–H groups in total. The van der Waals surface area contributed by atoms with E-state index in [4.69, 9.17) is 4.74 Å². The molecule has 3 heterocycles. The van der Waals surface area contributed by atoms with Gasteiger partial charge in [0.1, 0.15) is 17.7 Å². The molecule has 1 saturated heterocycles. The van der Waals surface area contributed by atoms with Gasteiger partial charge in [0.15, 0.2) is 0 Å². The van der Waals surface area contributed by atoms with Crippen LogP contribution in [-0.4, -0.2) is 50.6 Å². The van der Waals surface area contributed by atoms with Crippen molar-refractivity contribution in [1.82, 2.24) is 9.88 Å². The number of aliphatic carboxylic acids is 1. The van der Waals surface area contributed by atoms with Crippen LogP contribution in [0.4, 0.5) is 0 Å². The van der Waals surface area contributed by atoms with Gasteiger partial charge < -0.3 is 9.84 Å². The third kappa shape index (κ3) is 2.92. The molecule has 1 aromatic heterocycles.